The molecule has 0 fully saturated rings. The van der Waals surface area contributed by atoms with Gasteiger partial charge in [-0.15, -0.1) is 0 Å². The van der Waals surface area contributed by atoms with E-state index in [2.05, 4.69) is 56.2 Å². The van der Waals surface area contributed by atoms with E-state index in [4.69, 9.17) is 9.97 Å². The number of hydrogen-bond acceptors (Lipinski definition) is 4. The van der Waals surface area contributed by atoms with E-state index >= 15 is 0 Å². The van der Waals surface area contributed by atoms with Crippen LogP contribution in [0.15, 0.2) is 42.9 Å². The van der Waals surface area contributed by atoms with Crippen molar-refractivity contribution in [3.63, 3.8) is 0 Å². The lowest BCUT2D eigenvalue weighted by atomic mass is 9.85. The Labute approximate surface area is 165 Å². The molecule has 4 rings (SSSR count). The molecule has 3 aromatic heterocycles. The predicted molar refractivity (Wildman–Crippen MR) is 113 cm³/mol. The summed E-state index contributed by atoms with van der Waals surface area (Å²) in [7, 11) is 2.10. The molecule has 0 aliphatic heterocycles. The second-order valence-electron chi connectivity index (χ2n) is 9.20. The zero-order valence-corrected chi connectivity index (χ0v) is 17.5. The van der Waals surface area contributed by atoms with Crippen LogP contribution in [0.1, 0.15) is 51.7 Å². The molecule has 0 unspecified atom stereocenters. The normalized spacial score (nSPS) is 12.8. The molecular weight excluding hydrogens is 346 g/mol. The van der Waals surface area contributed by atoms with Crippen LogP contribution in [-0.4, -0.2) is 24.5 Å². The van der Waals surface area contributed by atoms with Gasteiger partial charge in [0.05, 0.1) is 28.4 Å². The molecule has 0 amide bonds. The first-order valence-corrected chi connectivity index (χ1v) is 9.69. The highest BCUT2D eigenvalue weighted by Crippen LogP contribution is 2.32. The van der Waals surface area contributed by atoms with Gasteiger partial charge in [0.2, 0.25) is 0 Å². The first-order valence-electron chi connectivity index (χ1n) is 9.69. The van der Waals surface area contributed by atoms with E-state index in [9.17, 15) is 0 Å². The Balaban J connectivity index is 1.77. The summed E-state index contributed by atoms with van der Waals surface area (Å²) in [6, 6.07) is 7.99. The van der Waals surface area contributed by atoms with Crippen molar-refractivity contribution in [1.82, 2.24) is 24.5 Å². The minimum atomic E-state index is -0.193. The van der Waals surface area contributed by atoms with Crippen LogP contribution in [0.3, 0.4) is 0 Å². The van der Waals surface area contributed by atoms with Crippen LogP contribution in [0.2, 0.25) is 0 Å². The Hall–Kier alpha value is -2.82. The van der Waals surface area contributed by atoms with Crippen LogP contribution in [0, 0.1) is 0 Å². The highest BCUT2D eigenvalue weighted by atomic mass is 15.1. The maximum atomic E-state index is 4.91. The lowest BCUT2D eigenvalue weighted by Gasteiger charge is -2.24. The van der Waals surface area contributed by atoms with Gasteiger partial charge in [-0.2, -0.15) is 0 Å². The van der Waals surface area contributed by atoms with E-state index < -0.39 is 0 Å². The summed E-state index contributed by atoms with van der Waals surface area (Å²) in [5, 5.41) is 0. The Morgan fingerprint density at radius 3 is 2.29 bits per heavy atom. The number of para-hydroxylation sites is 2. The van der Waals surface area contributed by atoms with Crippen LogP contribution in [0.4, 0.5) is 0 Å². The van der Waals surface area contributed by atoms with E-state index in [-0.39, 0.29) is 10.8 Å². The molecule has 5 nitrogen and oxygen atoms in total. The van der Waals surface area contributed by atoms with Crippen molar-refractivity contribution in [3.05, 3.63) is 59.9 Å². The molecule has 3 heterocycles. The number of benzene rings is 1. The number of nitrogens with zero attached hydrogens (tertiary/aromatic N) is 5. The molecular formula is C23H27N5. The lowest BCUT2D eigenvalue weighted by molar-refractivity contribution is 0.484. The largest absolute Gasteiger partial charge is 0.331 e. The van der Waals surface area contributed by atoms with E-state index in [0.29, 0.717) is 0 Å². The SMILES string of the molecule is Cn1c(CC(C)(C)c2cnc3ccccc3n2)nc2cncc(C(C)(C)C)c21. The zero-order chi connectivity index (χ0) is 20.1. The Morgan fingerprint density at radius 2 is 1.57 bits per heavy atom. The predicted octanol–water partition coefficient (Wildman–Crippen LogP) is 4.73. The van der Waals surface area contributed by atoms with Crippen LogP contribution in [-0.2, 0) is 24.3 Å². The number of pyridine rings is 1. The smallest absolute Gasteiger partial charge is 0.110 e. The third kappa shape index (κ3) is 3.15. The molecule has 5 heteroatoms. The highest BCUT2D eigenvalue weighted by Gasteiger charge is 2.28. The first-order chi connectivity index (χ1) is 13.2. The van der Waals surface area contributed by atoms with Crippen LogP contribution < -0.4 is 0 Å². The number of fused-ring (bicyclic) bond motifs is 2. The fraction of sp³-hybridized carbons (Fsp3) is 0.391. The topological polar surface area (TPSA) is 56.5 Å². The van der Waals surface area contributed by atoms with Gasteiger partial charge >= 0.3 is 0 Å². The number of aromatic nitrogens is 5. The van der Waals surface area contributed by atoms with E-state index in [1.807, 2.05) is 42.9 Å². The standard InChI is InChI=1S/C23H27N5/c1-22(2,3)15-12-24-13-18-21(15)28(6)20(27-18)11-23(4,5)19-14-25-16-9-7-8-10-17(16)26-19/h7-10,12-14H,11H2,1-6H3. The molecule has 0 saturated carbocycles. The summed E-state index contributed by atoms with van der Waals surface area (Å²) >= 11 is 0. The van der Waals surface area contributed by atoms with Crippen molar-refractivity contribution in [2.75, 3.05) is 0 Å². The van der Waals surface area contributed by atoms with Crippen molar-refractivity contribution < 1.29 is 0 Å². The van der Waals surface area contributed by atoms with Gasteiger partial charge < -0.3 is 4.57 Å². The van der Waals surface area contributed by atoms with Crippen LogP contribution >= 0.6 is 0 Å². The van der Waals surface area contributed by atoms with E-state index in [0.717, 1.165) is 40.0 Å². The maximum absolute atomic E-state index is 4.91. The molecule has 0 N–H and O–H groups in total. The summed E-state index contributed by atoms with van der Waals surface area (Å²) in [4.78, 5) is 18.8. The monoisotopic (exact) mass is 373 g/mol. The number of hydrogen-bond donors (Lipinski definition) is 0. The Bertz CT molecular complexity index is 1160. The maximum Gasteiger partial charge on any atom is 0.110 e. The molecule has 144 valence electrons. The molecule has 0 radical (unpaired) electrons. The average Bonchev–Trinajstić information content (AvgIpc) is 2.95. The summed E-state index contributed by atoms with van der Waals surface area (Å²) in [6.45, 7) is 11.0. The molecule has 0 bridgehead atoms. The minimum Gasteiger partial charge on any atom is -0.331 e. The summed E-state index contributed by atoms with van der Waals surface area (Å²) in [5.74, 6) is 1.04. The summed E-state index contributed by atoms with van der Waals surface area (Å²) in [6.07, 6.45) is 6.49. The van der Waals surface area contributed by atoms with E-state index in [1.54, 1.807) is 0 Å². The molecule has 28 heavy (non-hydrogen) atoms. The van der Waals surface area contributed by atoms with Gasteiger partial charge in [0.25, 0.3) is 0 Å². The lowest BCUT2D eigenvalue weighted by Crippen LogP contribution is -2.24. The van der Waals surface area contributed by atoms with Crippen molar-refractivity contribution >= 4 is 22.1 Å². The number of imidazole rings is 1. The molecule has 4 aromatic rings. The van der Waals surface area contributed by atoms with Crippen LogP contribution in [0.25, 0.3) is 22.1 Å². The fourth-order valence-corrected chi connectivity index (χ4v) is 3.70. The third-order valence-electron chi connectivity index (χ3n) is 5.42. The van der Waals surface area contributed by atoms with Crippen molar-refractivity contribution in [2.45, 2.75) is 51.9 Å². The quantitative estimate of drug-likeness (QED) is 0.521. The molecule has 0 atom stereocenters. The number of aryl methyl sites for hydroxylation is 1. The van der Waals surface area contributed by atoms with Crippen molar-refractivity contribution in [3.8, 4) is 0 Å². The van der Waals surface area contributed by atoms with Gasteiger partial charge in [0.15, 0.2) is 0 Å². The van der Waals surface area contributed by atoms with Gasteiger partial charge in [0.1, 0.15) is 11.3 Å². The molecule has 0 aliphatic carbocycles. The molecule has 0 spiro atoms. The Kier molecular flexibility index (Phi) is 4.21. The van der Waals surface area contributed by atoms with Crippen molar-refractivity contribution in [2.24, 2.45) is 7.05 Å². The average molecular weight is 374 g/mol. The number of rotatable bonds is 3. The molecule has 0 aliphatic rings. The van der Waals surface area contributed by atoms with Gasteiger partial charge in [0, 0.05) is 36.8 Å². The van der Waals surface area contributed by atoms with E-state index in [1.165, 1.54) is 5.56 Å². The van der Waals surface area contributed by atoms with Crippen molar-refractivity contribution in [1.29, 1.82) is 0 Å². The van der Waals surface area contributed by atoms with Gasteiger partial charge in [-0.05, 0) is 17.5 Å². The third-order valence-corrected chi connectivity index (χ3v) is 5.42. The van der Waals surface area contributed by atoms with Gasteiger partial charge in [-0.25, -0.2) is 9.97 Å². The van der Waals surface area contributed by atoms with Gasteiger partial charge in [-0.3, -0.25) is 9.97 Å². The zero-order valence-electron chi connectivity index (χ0n) is 17.5. The molecule has 1 aromatic carbocycles. The fourth-order valence-electron chi connectivity index (χ4n) is 3.70. The second-order valence-corrected chi connectivity index (χ2v) is 9.20. The minimum absolute atomic E-state index is 0.0108. The molecule has 0 saturated heterocycles. The summed E-state index contributed by atoms with van der Waals surface area (Å²) in [5.41, 5.74) is 5.98. The highest BCUT2D eigenvalue weighted by molar-refractivity contribution is 5.79. The Morgan fingerprint density at radius 1 is 0.857 bits per heavy atom. The summed E-state index contributed by atoms with van der Waals surface area (Å²) < 4.78 is 2.22. The second kappa shape index (κ2) is 6.36. The van der Waals surface area contributed by atoms with Gasteiger partial charge in [-0.1, -0.05) is 46.8 Å². The van der Waals surface area contributed by atoms with Crippen LogP contribution in [0.5, 0.6) is 0 Å². The first kappa shape index (κ1) is 18.5.